The lowest BCUT2D eigenvalue weighted by atomic mass is 10.1. The molecule has 1 aromatic carbocycles. The summed E-state index contributed by atoms with van der Waals surface area (Å²) in [4.78, 5) is 2.57. The standard InChI is InChI=1S/C16H25N3O/c1-2-4-15(5-3-1)6-8-18-9-7-16(14-18)17-19-10-12-20-13-11-19/h1-5,16-17H,6-14H2. The molecule has 2 saturated heterocycles. The van der Waals surface area contributed by atoms with Crippen molar-refractivity contribution in [3.05, 3.63) is 35.9 Å². The second kappa shape index (κ2) is 7.18. The molecular weight excluding hydrogens is 250 g/mol. The topological polar surface area (TPSA) is 27.7 Å². The molecule has 0 saturated carbocycles. The minimum atomic E-state index is 0.615. The molecule has 110 valence electrons. The highest BCUT2D eigenvalue weighted by Gasteiger charge is 2.24. The molecule has 1 unspecified atom stereocenters. The summed E-state index contributed by atoms with van der Waals surface area (Å²) in [6.45, 7) is 7.31. The van der Waals surface area contributed by atoms with Crippen molar-refractivity contribution in [2.45, 2.75) is 18.9 Å². The summed E-state index contributed by atoms with van der Waals surface area (Å²) >= 11 is 0. The first-order chi connectivity index (χ1) is 9.90. The third kappa shape index (κ3) is 4.03. The predicted octanol–water partition coefficient (Wildman–Crippen LogP) is 1.14. The zero-order valence-electron chi connectivity index (χ0n) is 12.1. The maximum Gasteiger partial charge on any atom is 0.0608 e. The van der Waals surface area contributed by atoms with Crippen LogP contribution in [0.3, 0.4) is 0 Å². The lowest BCUT2D eigenvalue weighted by Crippen LogP contribution is -2.50. The van der Waals surface area contributed by atoms with Crippen molar-refractivity contribution in [2.75, 3.05) is 45.9 Å². The number of hydrazine groups is 1. The van der Waals surface area contributed by atoms with Gasteiger partial charge in [0, 0.05) is 32.2 Å². The van der Waals surface area contributed by atoms with Crippen LogP contribution in [0.2, 0.25) is 0 Å². The fraction of sp³-hybridized carbons (Fsp3) is 0.625. The van der Waals surface area contributed by atoms with E-state index in [1.165, 1.54) is 31.6 Å². The molecular formula is C16H25N3O. The smallest absolute Gasteiger partial charge is 0.0608 e. The molecule has 4 nitrogen and oxygen atoms in total. The van der Waals surface area contributed by atoms with Crippen LogP contribution in [0, 0.1) is 0 Å². The van der Waals surface area contributed by atoms with E-state index < -0.39 is 0 Å². The largest absolute Gasteiger partial charge is 0.379 e. The van der Waals surface area contributed by atoms with E-state index in [0.717, 1.165) is 32.7 Å². The van der Waals surface area contributed by atoms with Gasteiger partial charge in [0.1, 0.15) is 0 Å². The van der Waals surface area contributed by atoms with Gasteiger partial charge < -0.3 is 9.64 Å². The highest BCUT2D eigenvalue weighted by Crippen LogP contribution is 2.11. The molecule has 4 heteroatoms. The molecule has 0 bridgehead atoms. The number of nitrogens with one attached hydrogen (secondary N) is 1. The van der Waals surface area contributed by atoms with Gasteiger partial charge in [0.15, 0.2) is 0 Å². The number of morpholine rings is 1. The van der Waals surface area contributed by atoms with E-state index in [0.29, 0.717) is 6.04 Å². The van der Waals surface area contributed by atoms with Crippen LogP contribution < -0.4 is 5.43 Å². The van der Waals surface area contributed by atoms with Crippen LogP contribution in [0.15, 0.2) is 30.3 Å². The molecule has 0 amide bonds. The Labute approximate surface area is 121 Å². The molecule has 2 fully saturated rings. The number of ether oxygens (including phenoxy) is 1. The molecule has 20 heavy (non-hydrogen) atoms. The normalized spacial score (nSPS) is 25.1. The van der Waals surface area contributed by atoms with E-state index in [-0.39, 0.29) is 0 Å². The fourth-order valence-corrected chi connectivity index (χ4v) is 3.02. The number of rotatable bonds is 5. The van der Waals surface area contributed by atoms with Crippen LogP contribution in [0.25, 0.3) is 0 Å². The predicted molar refractivity (Wildman–Crippen MR) is 80.5 cm³/mol. The van der Waals surface area contributed by atoms with Gasteiger partial charge >= 0.3 is 0 Å². The Kier molecular flexibility index (Phi) is 5.03. The molecule has 2 aliphatic heterocycles. The van der Waals surface area contributed by atoms with Crippen LogP contribution in [0.1, 0.15) is 12.0 Å². The van der Waals surface area contributed by atoms with Crippen molar-refractivity contribution in [2.24, 2.45) is 0 Å². The Morgan fingerprint density at radius 2 is 1.90 bits per heavy atom. The van der Waals surface area contributed by atoms with Crippen LogP contribution in [-0.4, -0.2) is 61.9 Å². The van der Waals surface area contributed by atoms with Crippen molar-refractivity contribution >= 4 is 0 Å². The van der Waals surface area contributed by atoms with E-state index in [4.69, 9.17) is 4.74 Å². The van der Waals surface area contributed by atoms with Gasteiger partial charge in [-0.3, -0.25) is 5.43 Å². The molecule has 2 heterocycles. The first-order valence-electron chi connectivity index (χ1n) is 7.75. The van der Waals surface area contributed by atoms with Gasteiger partial charge in [-0.15, -0.1) is 0 Å². The van der Waals surface area contributed by atoms with Crippen LogP contribution in [-0.2, 0) is 11.2 Å². The first kappa shape index (κ1) is 14.0. The lowest BCUT2D eigenvalue weighted by molar-refractivity contribution is 0.00440. The van der Waals surface area contributed by atoms with Crippen molar-refractivity contribution in [3.63, 3.8) is 0 Å². The highest BCUT2D eigenvalue weighted by atomic mass is 16.5. The van der Waals surface area contributed by atoms with Gasteiger partial charge in [-0.05, 0) is 24.9 Å². The van der Waals surface area contributed by atoms with E-state index in [2.05, 4.69) is 45.7 Å². The van der Waals surface area contributed by atoms with Crippen LogP contribution in [0.4, 0.5) is 0 Å². The van der Waals surface area contributed by atoms with Gasteiger partial charge in [0.25, 0.3) is 0 Å². The van der Waals surface area contributed by atoms with E-state index in [1.807, 2.05) is 0 Å². The summed E-state index contributed by atoms with van der Waals surface area (Å²) in [5, 5.41) is 2.33. The minimum absolute atomic E-state index is 0.615. The minimum Gasteiger partial charge on any atom is -0.379 e. The fourth-order valence-electron chi connectivity index (χ4n) is 3.02. The second-order valence-corrected chi connectivity index (χ2v) is 5.75. The summed E-state index contributed by atoms with van der Waals surface area (Å²) < 4.78 is 5.38. The van der Waals surface area contributed by atoms with Crippen molar-refractivity contribution in [3.8, 4) is 0 Å². The number of nitrogens with zero attached hydrogens (tertiary/aromatic N) is 2. The van der Waals surface area contributed by atoms with Gasteiger partial charge in [0.2, 0.25) is 0 Å². The summed E-state index contributed by atoms with van der Waals surface area (Å²) in [6, 6.07) is 11.4. The molecule has 1 N–H and O–H groups in total. The zero-order valence-corrected chi connectivity index (χ0v) is 12.1. The number of likely N-dealkylation sites (tertiary alicyclic amines) is 1. The van der Waals surface area contributed by atoms with Crippen LogP contribution in [0.5, 0.6) is 0 Å². The Hall–Kier alpha value is -0.940. The van der Waals surface area contributed by atoms with E-state index in [9.17, 15) is 0 Å². The average Bonchev–Trinajstić information content (AvgIpc) is 2.95. The molecule has 0 aliphatic carbocycles. The number of hydrogen-bond donors (Lipinski definition) is 1. The first-order valence-corrected chi connectivity index (χ1v) is 7.75. The summed E-state index contributed by atoms with van der Waals surface area (Å²) in [5.41, 5.74) is 5.10. The van der Waals surface area contributed by atoms with Gasteiger partial charge in [0.05, 0.1) is 13.2 Å². The van der Waals surface area contributed by atoms with Crippen LogP contribution >= 0.6 is 0 Å². The molecule has 2 aliphatic rings. The van der Waals surface area contributed by atoms with Gasteiger partial charge in [-0.1, -0.05) is 30.3 Å². The summed E-state index contributed by atoms with van der Waals surface area (Å²) in [5.74, 6) is 0. The second-order valence-electron chi connectivity index (χ2n) is 5.75. The Morgan fingerprint density at radius 3 is 2.70 bits per heavy atom. The molecule has 1 aromatic rings. The van der Waals surface area contributed by atoms with Crippen molar-refractivity contribution in [1.82, 2.24) is 15.3 Å². The maximum atomic E-state index is 5.38. The van der Waals surface area contributed by atoms with Gasteiger partial charge in [-0.2, -0.15) is 0 Å². The average molecular weight is 275 g/mol. The SMILES string of the molecule is c1ccc(CCN2CCC(NN3CCOCC3)C2)cc1. The Balaban J connectivity index is 1.38. The highest BCUT2D eigenvalue weighted by molar-refractivity contribution is 5.14. The Morgan fingerprint density at radius 1 is 1.10 bits per heavy atom. The number of hydrogen-bond acceptors (Lipinski definition) is 4. The van der Waals surface area contributed by atoms with Crippen molar-refractivity contribution < 1.29 is 4.74 Å². The third-order valence-electron chi connectivity index (χ3n) is 4.21. The number of benzene rings is 1. The maximum absolute atomic E-state index is 5.38. The van der Waals surface area contributed by atoms with E-state index >= 15 is 0 Å². The molecule has 0 aromatic heterocycles. The Bertz CT molecular complexity index is 392. The molecule has 1 atom stereocenters. The quantitative estimate of drug-likeness (QED) is 0.872. The summed E-state index contributed by atoms with van der Waals surface area (Å²) in [6.07, 6.45) is 2.41. The molecule has 0 radical (unpaired) electrons. The third-order valence-corrected chi connectivity index (χ3v) is 4.21. The monoisotopic (exact) mass is 275 g/mol. The van der Waals surface area contributed by atoms with Crippen molar-refractivity contribution in [1.29, 1.82) is 0 Å². The molecule has 3 rings (SSSR count). The zero-order chi connectivity index (χ0) is 13.6. The summed E-state index contributed by atoms with van der Waals surface area (Å²) in [7, 11) is 0. The lowest BCUT2D eigenvalue weighted by Gasteiger charge is -2.30. The van der Waals surface area contributed by atoms with E-state index in [1.54, 1.807) is 0 Å². The molecule has 0 spiro atoms. The van der Waals surface area contributed by atoms with Gasteiger partial charge in [-0.25, -0.2) is 5.01 Å².